The smallest absolute Gasteiger partial charge is 0.305 e. The van der Waals surface area contributed by atoms with Crippen LogP contribution in [0.25, 0.3) is 0 Å². The van der Waals surface area contributed by atoms with E-state index in [0.29, 0.717) is 5.95 Å². The highest BCUT2D eigenvalue weighted by molar-refractivity contribution is 4.92. The summed E-state index contributed by atoms with van der Waals surface area (Å²) in [7, 11) is 1.51. The normalized spacial score (nSPS) is 8.71. The Morgan fingerprint density at radius 1 is 2.00 bits per heavy atom. The Labute approximate surface area is 40.9 Å². The summed E-state index contributed by atoms with van der Waals surface area (Å²) in [5, 5.41) is 0. The molecule has 37 valence electrons. The Morgan fingerprint density at radius 2 is 2.86 bits per heavy atom. The average Bonchev–Trinajstić information content (AvgIpc) is 2.14. The van der Waals surface area contributed by atoms with Crippen LogP contribution in [-0.4, -0.2) is 12.1 Å². The van der Waals surface area contributed by atoms with Crippen LogP contribution in [0.4, 0.5) is 0 Å². The molecule has 3 nitrogen and oxygen atoms in total. The number of oxazole rings is 1. The summed E-state index contributed by atoms with van der Waals surface area (Å²) in [6.45, 7) is 0. The number of ether oxygens (including phenoxy) is 1. The largest absolute Gasteiger partial charge is 0.467 e. The molecular formula is C4H4NO2. The van der Waals surface area contributed by atoms with Crippen molar-refractivity contribution in [2.75, 3.05) is 7.11 Å². The third-order valence-corrected chi connectivity index (χ3v) is 0.570. The van der Waals surface area contributed by atoms with Gasteiger partial charge in [0, 0.05) is 0 Å². The number of hydrogen-bond acceptors (Lipinski definition) is 3. The molecule has 7 heavy (non-hydrogen) atoms. The number of nitrogens with zero attached hydrogens (tertiary/aromatic N) is 1. The van der Waals surface area contributed by atoms with Gasteiger partial charge in [-0.2, -0.15) is 0 Å². The van der Waals surface area contributed by atoms with Gasteiger partial charge in [-0.1, -0.05) is 0 Å². The summed E-state index contributed by atoms with van der Waals surface area (Å²) in [4.78, 5) is 3.48. The van der Waals surface area contributed by atoms with E-state index >= 15 is 0 Å². The highest BCUT2D eigenvalue weighted by Gasteiger charge is 1.88. The summed E-state index contributed by atoms with van der Waals surface area (Å²) < 4.78 is 9.12. The quantitative estimate of drug-likeness (QED) is 0.512. The molecule has 0 aliphatic heterocycles. The van der Waals surface area contributed by atoms with Crippen LogP contribution in [0, 0.1) is 6.39 Å². The van der Waals surface area contributed by atoms with Gasteiger partial charge in [0.15, 0.2) is 0 Å². The second-order valence-corrected chi connectivity index (χ2v) is 0.975. The van der Waals surface area contributed by atoms with Gasteiger partial charge in [-0.15, -0.1) is 0 Å². The maximum atomic E-state index is 4.59. The maximum Gasteiger partial charge on any atom is 0.305 e. The van der Waals surface area contributed by atoms with Crippen LogP contribution < -0.4 is 4.74 Å². The van der Waals surface area contributed by atoms with Gasteiger partial charge in [-0.05, 0) is 0 Å². The third-order valence-electron chi connectivity index (χ3n) is 0.570. The number of aromatic nitrogens is 1. The SMILES string of the molecule is COc1cn[c]o1. The zero-order chi connectivity index (χ0) is 5.11. The lowest BCUT2D eigenvalue weighted by Crippen LogP contribution is -1.75. The number of methoxy groups -OCH3 is 1. The molecular weight excluding hydrogens is 94.0 g/mol. The molecule has 0 atom stereocenters. The van der Waals surface area contributed by atoms with E-state index < -0.39 is 0 Å². The van der Waals surface area contributed by atoms with Crippen LogP contribution in [0.2, 0.25) is 0 Å². The lowest BCUT2D eigenvalue weighted by molar-refractivity contribution is 0.302. The predicted molar refractivity (Wildman–Crippen MR) is 21.9 cm³/mol. The predicted octanol–water partition coefficient (Wildman–Crippen LogP) is 0.483. The molecule has 1 heterocycles. The molecule has 0 aliphatic rings. The Morgan fingerprint density at radius 3 is 3.14 bits per heavy atom. The molecule has 0 saturated heterocycles. The first-order valence-corrected chi connectivity index (χ1v) is 1.79. The summed E-state index contributed by atoms with van der Waals surface area (Å²) in [5.74, 6) is 0.389. The van der Waals surface area contributed by atoms with Gasteiger partial charge in [0.05, 0.1) is 7.11 Å². The van der Waals surface area contributed by atoms with Gasteiger partial charge in [-0.25, -0.2) is 4.98 Å². The Balaban J connectivity index is 2.76. The molecule has 0 fully saturated rings. The van der Waals surface area contributed by atoms with Crippen LogP contribution in [0.5, 0.6) is 5.95 Å². The molecule has 0 amide bonds. The van der Waals surface area contributed by atoms with Crippen molar-refractivity contribution in [2.24, 2.45) is 0 Å². The molecule has 1 aromatic rings. The van der Waals surface area contributed by atoms with Gasteiger partial charge in [0.25, 0.3) is 6.39 Å². The first-order valence-electron chi connectivity index (χ1n) is 1.79. The number of hydrogen-bond donors (Lipinski definition) is 0. The molecule has 0 saturated carbocycles. The van der Waals surface area contributed by atoms with Crippen molar-refractivity contribution in [3.8, 4) is 5.95 Å². The average molecular weight is 98.1 g/mol. The van der Waals surface area contributed by atoms with E-state index in [4.69, 9.17) is 0 Å². The van der Waals surface area contributed by atoms with Gasteiger partial charge in [0.2, 0.25) is 0 Å². The Bertz CT molecular complexity index is 124. The van der Waals surface area contributed by atoms with Crippen molar-refractivity contribution in [3.05, 3.63) is 12.6 Å². The summed E-state index contributed by atoms with van der Waals surface area (Å²) in [6.07, 6.45) is 3.68. The summed E-state index contributed by atoms with van der Waals surface area (Å²) in [5.41, 5.74) is 0. The molecule has 1 rings (SSSR count). The van der Waals surface area contributed by atoms with Crippen molar-refractivity contribution in [3.63, 3.8) is 0 Å². The van der Waals surface area contributed by atoms with Crippen molar-refractivity contribution in [2.45, 2.75) is 0 Å². The van der Waals surface area contributed by atoms with E-state index in [2.05, 4.69) is 20.5 Å². The van der Waals surface area contributed by atoms with Crippen LogP contribution in [0.15, 0.2) is 10.6 Å². The van der Waals surface area contributed by atoms with Crippen LogP contribution in [0.3, 0.4) is 0 Å². The molecule has 0 aromatic carbocycles. The topological polar surface area (TPSA) is 35.3 Å². The molecule has 0 spiro atoms. The van der Waals surface area contributed by atoms with E-state index in [1.54, 1.807) is 0 Å². The molecule has 0 bridgehead atoms. The first kappa shape index (κ1) is 4.18. The lowest BCUT2D eigenvalue weighted by Gasteiger charge is -1.83. The third kappa shape index (κ3) is 0.707. The van der Waals surface area contributed by atoms with E-state index in [9.17, 15) is 0 Å². The fourth-order valence-corrected chi connectivity index (χ4v) is 0.271. The monoisotopic (exact) mass is 98.0 g/mol. The van der Waals surface area contributed by atoms with Crippen molar-refractivity contribution in [1.29, 1.82) is 0 Å². The number of rotatable bonds is 1. The minimum atomic E-state index is 0.389. The van der Waals surface area contributed by atoms with Crippen molar-refractivity contribution >= 4 is 0 Å². The van der Waals surface area contributed by atoms with Gasteiger partial charge in [-0.3, -0.25) is 0 Å². The maximum absolute atomic E-state index is 4.59. The van der Waals surface area contributed by atoms with Gasteiger partial charge < -0.3 is 9.15 Å². The molecule has 0 N–H and O–H groups in total. The minimum Gasteiger partial charge on any atom is -0.467 e. The highest BCUT2D eigenvalue weighted by atomic mass is 16.6. The standard InChI is InChI=1S/C4H4NO2/c1-6-4-2-5-3-7-4/h2H,1H3. The van der Waals surface area contributed by atoms with Crippen LogP contribution in [-0.2, 0) is 0 Å². The molecule has 3 heteroatoms. The van der Waals surface area contributed by atoms with Gasteiger partial charge in [0.1, 0.15) is 6.20 Å². The van der Waals surface area contributed by atoms with E-state index in [0.717, 1.165) is 0 Å². The molecule has 1 radical (unpaired) electrons. The summed E-state index contributed by atoms with van der Waals surface area (Å²) >= 11 is 0. The van der Waals surface area contributed by atoms with E-state index in [1.807, 2.05) is 0 Å². The van der Waals surface area contributed by atoms with E-state index in [1.165, 1.54) is 13.3 Å². The Kier molecular flexibility index (Phi) is 0.978. The first-order chi connectivity index (χ1) is 3.43. The lowest BCUT2D eigenvalue weighted by atomic mass is 10.9. The van der Waals surface area contributed by atoms with Crippen molar-refractivity contribution < 1.29 is 9.15 Å². The van der Waals surface area contributed by atoms with Gasteiger partial charge >= 0.3 is 5.95 Å². The van der Waals surface area contributed by atoms with Crippen LogP contribution in [0.1, 0.15) is 0 Å². The highest BCUT2D eigenvalue weighted by Crippen LogP contribution is 2.03. The minimum absolute atomic E-state index is 0.389. The fraction of sp³-hybridized carbons (Fsp3) is 0.250. The zero-order valence-corrected chi connectivity index (χ0v) is 3.84. The van der Waals surface area contributed by atoms with Crippen LogP contribution >= 0.6 is 0 Å². The second-order valence-electron chi connectivity index (χ2n) is 0.975. The molecule has 0 unspecified atom stereocenters. The fourth-order valence-electron chi connectivity index (χ4n) is 0.271. The Hall–Kier alpha value is -0.990. The summed E-state index contributed by atoms with van der Waals surface area (Å²) in [6, 6.07) is 0. The van der Waals surface area contributed by atoms with Crippen molar-refractivity contribution in [1.82, 2.24) is 4.98 Å². The molecule has 0 aliphatic carbocycles. The zero-order valence-electron chi connectivity index (χ0n) is 3.84. The van der Waals surface area contributed by atoms with E-state index in [-0.39, 0.29) is 0 Å². The second kappa shape index (κ2) is 1.64. The molecule has 1 aromatic heterocycles.